The smallest absolute Gasteiger partial charge is 0.327 e. The molecule has 0 bridgehead atoms. The van der Waals surface area contributed by atoms with E-state index in [1.807, 2.05) is 5.32 Å². The summed E-state index contributed by atoms with van der Waals surface area (Å²) < 4.78 is 23.1. The highest BCUT2D eigenvalue weighted by Crippen LogP contribution is 1.97. The first-order chi connectivity index (χ1) is 8.18. The Hall–Kier alpha value is -1.64. The molecule has 1 unspecified atom stereocenters. The fourth-order valence-corrected chi connectivity index (χ4v) is 2.53. The quantitative estimate of drug-likeness (QED) is 0.501. The summed E-state index contributed by atoms with van der Waals surface area (Å²) in [7, 11) is -3.90. The van der Waals surface area contributed by atoms with Gasteiger partial charge in [0, 0.05) is 13.5 Å². The lowest BCUT2D eigenvalue weighted by atomic mass is 10.3. The molecule has 0 heterocycles. The SMILES string of the molecule is CCNC(=O)CS(=O)(=O)CC(NC(C)=O)C(=O)O. The molecule has 0 saturated heterocycles. The summed E-state index contributed by atoms with van der Waals surface area (Å²) in [5, 5.41) is 13.0. The second kappa shape index (κ2) is 6.94. The highest BCUT2D eigenvalue weighted by Gasteiger charge is 2.27. The number of rotatable bonds is 7. The molecular weight excluding hydrogens is 264 g/mol. The van der Waals surface area contributed by atoms with Crippen LogP contribution in [0.2, 0.25) is 0 Å². The fraction of sp³-hybridized carbons (Fsp3) is 0.667. The van der Waals surface area contributed by atoms with Crippen LogP contribution in [0.1, 0.15) is 13.8 Å². The summed E-state index contributed by atoms with van der Waals surface area (Å²) in [5.74, 6) is -4.45. The predicted octanol–water partition coefficient (Wildman–Crippen LogP) is -1.87. The third-order valence-electron chi connectivity index (χ3n) is 1.82. The topological polar surface area (TPSA) is 130 Å². The molecule has 0 aromatic rings. The summed E-state index contributed by atoms with van der Waals surface area (Å²) in [4.78, 5) is 32.6. The molecule has 0 spiro atoms. The van der Waals surface area contributed by atoms with E-state index in [1.165, 1.54) is 0 Å². The number of amides is 2. The molecule has 0 saturated carbocycles. The van der Waals surface area contributed by atoms with E-state index in [0.717, 1.165) is 6.92 Å². The molecule has 1 atom stereocenters. The Kier molecular flexibility index (Phi) is 6.31. The van der Waals surface area contributed by atoms with Crippen molar-refractivity contribution in [3.8, 4) is 0 Å². The number of carbonyl (C=O) groups is 3. The average Bonchev–Trinajstić information content (AvgIpc) is 2.14. The van der Waals surface area contributed by atoms with E-state index in [9.17, 15) is 22.8 Å². The van der Waals surface area contributed by atoms with Gasteiger partial charge in [-0.3, -0.25) is 9.59 Å². The Morgan fingerprint density at radius 2 is 1.83 bits per heavy atom. The molecule has 9 heteroatoms. The van der Waals surface area contributed by atoms with Gasteiger partial charge in [0.05, 0.1) is 5.75 Å². The minimum absolute atomic E-state index is 0.280. The normalized spacial score (nSPS) is 12.6. The first kappa shape index (κ1) is 16.4. The second-order valence-corrected chi connectivity index (χ2v) is 5.71. The number of nitrogens with one attached hydrogen (secondary N) is 2. The first-order valence-electron chi connectivity index (χ1n) is 5.15. The maximum atomic E-state index is 11.5. The van der Waals surface area contributed by atoms with Gasteiger partial charge < -0.3 is 15.7 Å². The number of hydrogen-bond donors (Lipinski definition) is 3. The zero-order chi connectivity index (χ0) is 14.3. The van der Waals surface area contributed by atoms with Gasteiger partial charge in [-0.2, -0.15) is 0 Å². The van der Waals surface area contributed by atoms with Crippen LogP contribution in [-0.4, -0.2) is 55.4 Å². The number of aliphatic carboxylic acids is 1. The van der Waals surface area contributed by atoms with Crippen LogP contribution >= 0.6 is 0 Å². The van der Waals surface area contributed by atoms with Gasteiger partial charge in [-0.25, -0.2) is 13.2 Å². The van der Waals surface area contributed by atoms with Gasteiger partial charge in [-0.15, -0.1) is 0 Å². The zero-order valence-corrected chi connectivity index (χ0v) is 10.9. The van der Waals surface area contributed by atoms with E-state index in [1.54, 1.807) is 6.92 Å². The monoisotopic (exact) mass is 280 g/mol. The molecule has 0 aromatic heterocycles. The summed E-state index contributed by atoms with van der Waals surface area (Å²) in [6.07, 6.45) is 0. The maximum Gasteiger partial charge on any atom is 0.327 e. The molecule has 0 aromatic carbocycles. The molecule has 0 aliphatic rings. The first-order valence-corrected chi connectivity index (χ1v) is 6.97. The van der Waals surface area contributed by atoms with Crippen molar-refractivity contribution in [2.24, 2.45) is 0 Å². The minimum Gasteiger partial charge on any atom is -0.480 e. The average molecular weight is 280 g/mol. The molecule has 104 valence electrons. The summed E-state index contributed by atoms with van der Waals surface area (Å²) in [6.45, 7) is 2.98. The molecule has 3 N–H and O–H groups in total. The number of carboxylic acid groups (broad SMARTS) is 1. The van der Waals surface area contributed by atoms with E-state index < -0.39 is 45.2 Å². The summed E-state index contributed by atoms with van der Waals surface area (Å²) in [5.41, 5.74) is 0. The summed E-state index contributed by atoms with van der Waals surface area (Å²) in [6, 6.07) is -1.55. The van der Waals surface area contributed by atoms with Crippen LogP contribution in [0.5, 0.6) is 0 Å². The lowest BCUT2D eigenvalue weighted by Gasteiger charge is -2.13. The Bertz CT molecular complexity index is 430. The Labute approximate surface area is 105 Å². The second-order valence-electron chi connectivity index (χ2n) is 3.60. The van der Waals surface area contributed by atoms with Crippen LogP contribution in [0, 0.1) is 0 Å². The molecule has 8 nitrogen and oxygen atoms in total. The van der Waals surface area contributed by atoms with E-state index >= 15 is 0 Å². The minimum atomic E-state index is -3.90. The van der Waals surface area contributed by atoms with E-state index in [0.29, 0.717) is 0 Å². The zero-order valence-electron chi connectivity index (χ0n) is 10.1. The van der Waals surface area contributed by atoms with E-state index in [4.69, 9.17) is 5.11 Å². The lowest BCUT2D eigenvalue weighted by Crippen LogP contribution is -2.46. The molecule has 0 rings (SSSR count). The van der Waals surface area contributed by atoms with Gasteiger partial charge >= 0.3 is 5.97 Å². The van der Waals surface area contributed by atoms with Crippen molar-refractivity contribution in [3.63, 3.8) is 0 Å². The number of sulfone groups is 1. The van der Waals surface area contributed by atoms with Crippen molar-refractivity contribution in [1.82, 2.24) is 10.6 Å². The van der Waals surface area contributed by atoms with Gasteiger partial charge in [0.1, 0.15) is 11.8 Å². The number of hydrogen-bond acceptors (Lipinski definition) is 5. The Morgan fingerprint density at radius 1 is 1.28 bits per heavy atom. The van der Waals surface area contributed by atoms with Crippen LogP contribution in [0.4, 0.5) is 0 Å². The maximum absolute atomic E-state index is 11.5. The van der Waals surface area contributed by atoms with Crippen molar-refractivity contribution < 1.29 is 27.9 Å². The fourth-order valence-electron chi connectivity index (χ4n) is 1.18. The van der Waals surface area contributed by atoms with Crippen molar-refractivity contribution >= 4 is 27.6 Å². The Morgan fingerprint density at radius 3 is 2.22 bits per heavy atom. The van der Waals surface area contributed by atoms with Gasteiger partial charge in [0.15, 0.2) is 9.84 Å². The molecule has 2 amide bonds. The number of carbonyl (C=O) groups excluding carboxylic acids is 2. The van der Waals surface area contributed by atoms with Crippen LogP contribution in [0.3, 0.4) is 0 Å². The van der Waals surface area contributed by atoms with Gasteiger partial charge in [0.25, 0.3) is 0 Å². The molecule has 0 fully saturated rings. The van der Waals surface area contributed by atoms with Gasteiger partial charge in [-0.1, -0.05) is 0 Å². The van der Waals surface area contributed by atoms with Gasteiger partial charge in [-0.05, 0) is 6.92 Å². The molecule has 18 heavy (non-hydrogen) atoms. The van der Waals surface area contributed by atoms with Crippen molar-refractivity contribution in [2.45, 2.75) is 19.9 Å². The lowest BCUT2D eigenvalue weighted by molar-refractivity contribution is -0.140. The molecule has 0 aliphatic carbocycles. The van der Waals surface area contributed by atoms with Crippen molar-refractivity contribution in [2.75, 3.05) is 18.1 Å². The van der Waals surface area contributed by atoms with E-state index in [2.05, 4.69) is 5.32 Å². The number of carboxylic acids is 1. The van der Waals surface area contributed by atoms with Crippen LogP contribution in [0.15, 0.2) is 0 Å². The van der Waals surface area contributed by atoms with Crippen molar-refractivity contribution in [1.29, 1.82) is 0 Å². The molecule has 0 radical (unpaired) electrons. The van der Waals surface area contributed by atoms with Crippen molar-refractivity contribution in [3.05, 3.63) is 0 Å². The molecule has 0 aliphatic heterocycles. The summed E-state index contributed by atoms with van der Waals surface area (Å²) >= 11 is 0. The molecular formula is C9H16N2O6S. The third kappa shape index (κ3) is 6.84. The third-order valence-corrected chi connectivity index (χ3v) is 3.36. The van der Waals surface area contributed by atoms with Gasteiger partial charge in [0.2, 0.25) is 11.8 Å². The van der Waals surface area contributed by atoms with Crippen LogP contribution in [-0.2, 0) is 24.2 Å². The standard InChI is InChI=1S/C9H16N2O6S/c1-3-10-8(13)5-18(16,17)4-7(9(14)15)11-6(2)12/h7H,3-5H2,1-2H3,(H,10,13)(H,11,12)(H,14,15). The predicted molar refractivity (Wildman–Crippen MR) is 62.6 cm³/mol. The largest absolute Gasteiger partial charge is 0.480 e. The Balaban J connectivity index is 4.66. The highest BCUT2D eigenvalue weighted by molar-refractivity contribution is 7.92. The highest BCUT2D eigenvalue weighted by atomic mass is 32.2. The van der Waals surface area contributed by atoms with Crippen LogP contribution < -0.4 is 10.6 Å². The van der Waals surface area contributed by atoms with Crippen LogP contribution in [0.25, 0.3) is 0 Å². The van der Waals surface area contributed by atoms with E-state index in [-0.39, 0.29) is 6.54 Å².